The lowest BCUT2D eigenvalue weighted by Crippen LogP contribution is -1.88. The molecule has 0 N–H and O–H groups in total. The van der Waals surface area contributed by atoms with Crippen molar-refractivity contribution >= 4 is 5.97 Å². The molecule has 2 nitrogen and oxygen atoms in total. The predicted molar refractivity (Wildman–Crippen MR) is 26.3 cm³/mol. The van der Waals surface area contributed by atoms with E-state index < -0.39 is 5.97 Å². The molecule has 2 heteroatoms. The van der Waals surface area contributed by atoms with Crippen LogP contribution in [-0.2, 0) is 9.53 Å². The Morgan fingerprint density at radius 3 is 2.57 bits per heavy atom. The first-order valence-electron chi connectivity index (χ1n) is 1.91. The Labute approximate surface area is 42.8 Å². The number of hydrogen-bond donors (Lipinski definition) is 0. The molecule has 0 amide bonds. The van der Waals surface area contributed by atoms with Crippen LogP contribution in [0.25, 0.3) is 0 Å². The monoisotopic (exact) mass is 99.0 g/mol. The first-order chi connectivity index (χ1) is 3.27. The topological polar surface area (TPSA) is 26.3 Å². The van der Waals surface area contributed by atoms with E-state index in [0.29, 0.717) is 0 Å². The van der Waals surface area contributed by atoms with E-state index in [1.165, 1.54) is 6.26 Å². The number of hydrogen-bond acceptors (Lipinski definition) is 2. The van der Waals surface area contributed by atoms with Crippen molar-refractivity contribution in [3.63, 3.8) is 0 Å². The largest absolute Gasteiger partial charge is 0.435 e. The lowest BCUT2D eigenvalue weighted by molar-refractivity contribution is -0.132. The van der Waals surface area contributed by atoms with Crippen LogP contribution in [0.15, 0.2) is 12.3 Å². The van der Waals surface area contributed by atoms with Crippen LogP contribution in [0.3, 0.4) is 0 Å². The molecule has 0 aliphatic rings. The number of esters is 1. The Bertz CT molecular complexity index is 84.1. The molecular formula is C5H7O2. The average molecular weight is 99.1 g/mol. The molecule has 0 unspecified atom stereocenters. The van der Waals surface area contributed by atoms with Crippen molar-refractivity contribution < 1.29 is 9.53 Å². The molecule has 0 aromatic heterocycles. The third-order valence-electron chi connectivity index (χ3n) is 0.336. The van der Waals surface area contributed by atoms with Crippen LogP contribution in [0.5, 0.6) is 0 Å². The zero-order valence-corrected chi connectivity index (χ0v) is 4.18. The highest BCUT2D eigenvalue weighted by molar-refractivity contribution is 5.74. The van der Waals surface area contributed by atoms with Gasteiger partial charge in [0.25, 0.3) is 0 Å². The normalized spacial score (nSPS) is 9.43. The molecule has 0 bridgehead atoms. The standard InChI is InChI=1S/C5H7O2/c1-3-4-7-5(2)6/h3-4H,2H2,1H3. The van der Waals surface area contributed by atoms with Crippen molar-refractivity contribution in [2.75, 3.05) is 0 Å². The second kappa shape index (κ2) is 3.40. The summed E-state index contributed by atoms with van der Waals surface area (Å²) in [6.45, 7) is 4.72. The van der Waals surface area contributed by atoms with Gasteiger partial charge in [0, 0.05) is 0 Å². The van der Waals surface area contributed by atoms with E-state index >= 15 is 0 Å². The molecule has 0 aromatic rings. The van der Waals surface area contributed by atoms with E-state index in [1.54, 1.807) is 13.0 Å². The highest BCUT2D eigenvalue weighted by atomic mass is 16.5. The second-order valence-corrected chi connectivity index (χ2v) is 0.959. The SMILES string of the molecule is [CH2]C(=O)OC=CC. The van der Waals surface area contributed by atoms with Crippen LogP contribution in [-0.4, -0.2) is 5.97 Å². The van der Waals surface area contributed by atoms with E-state index in [1.807, 2.05) is 0 Å². The summed E-state index contributed by atoms with van der Waals surface area (Å²) in [5.41, 5.74) is 0. The van der Waals surface area contributed by atoms with Crippen LogP contribution < -0.4 is 0 Å². The third-order valence-corrected chi connectivity index (χ3v) is 0.336. The maximum Gasteiger partial charge on any atom is 0.311 e. The second-order valence-electron chi connectivity index (χ2n) is 0.959. The number of rotatable bonds is 1. The molecule has 0 aromatic carbocycles. The molecule has 0 aliphatic heterocycles. The van der Waals surface area contributed by atoms with E-state index in [-0.39, 0.29) is 0 Å². The number of allylic oxidation sites excluding steroid dienone is 1. The van der Waals surface area contributed by atoms with Gasteiger partial charge in [-0.1, -0.05) is 6.08 Å². The summed E-state index contributed by atoms with van der Waals surface area (Å²) in [7, 11) is 0. The minimum absolute atomic E-state index is 0.530. The van der Waals surface area contributed by atoms with Gasteiger partial charge < -0.3 is 4.74 Å². The van der Waals surface area contributed by atoms with E-state index in [9.17, 15) is 4.79 Å². The molecule has 0 heterocycles. The van der Waals surface area contributed by atoms with Gasteiger partial charge in [-0.25, -0.2) is 0 Å². The number of carbonyl (C=O) groups excluding carboxylic acids is 1. The van der Waals surface area contributed by atoms with Crippen LogP contribution in [0.4, 0.5) is 0 Å². The van der Waals surface area contributed by atoms with Crippen molar-refractivity contribution in [1.82, 2.24) is 0 Å². The summed E-state index contributed by atoms with van der Waals surface area (Å²) in [5, 5.41) is 0. The lowest BCUT2D eigenvalue weighted by Gasteiger charge is -1.85. The van der Waals surface area contributed by atoms with Crippen LogP contribution >= 0.6 is 0 Å². The maximum absolute atomic E-state index is 9.82. The Balaban J connectivity index is 3.14. The average Bonchev–Trinajstić information content (AvgIpc) is 1.61. The molecule has 0 saturated carbocycles. The maximum atomic E-state index is 9.82. The van der Waals surface area contributed by atoms with Gasteiger partial charge in [-0.3, -0.25) is 4.79 Å². The zero-order chi connectivity index (χ0) is 5.70. The van der Waals surface area contributed by atoms with Gasteiger partial charge in [-0.15, -0.1) is 0 Å². The van der Waals surface area contributed by atoms with Crippen LogP contribution in [0.2, 0.25) is 0 Å². The molecule has 1 radical (unpaired) electrons. The first-order valence-corrected chi connectivity index (χ1v) is 1.91. The van der Waals surface area contributed by atoms with Gasteiger partial charge in [-0.2, -0.15) is 0 Å². The zero-order valence-electron chi connectivity index (χ0n) is 4.18. The fourth-order valence-corrected chi connectivity index (χ4v) is 0.144. The fourth-order valence-electron chi connectivity index (χ4n) is 0.144. The quantitative estimate of drug-likeness (QED) is 0.360. The molecule has 0 rings (SSSR count). The molecule has 0 fully saturated rings. The van der Waals surface area contributed by atoms with Gasteiger partial charge in [-0.05, 0) is 6.92 Å². The summed E-state index contributed by atoms with van der Waals surface area (Å²) in [6, 6.07) is 0. The minimum Gasteiger partial charge on any atom is -0.435 e. The number of carbonyl (C=O) groups is 1. The lowest BCUT2D eigenvalue weighted by atomic mass is 10.7. The summed E-state index contributed by atoms with van der Waals surface area (Å²) < 4.78 is 4.26. The van der Waals surface area contributed by atoms with Crippen LogP contribution in [0.1, 0.15) is 6.92 Å². The Kier molecular flexibility index (Phi) is 3.02. The van der Waals surface area contributed by atoms with E-state index in [0.717, 1.165) is 0 Å². The van der Waals surface area contributed by atoms with Gasteiger partial charge in [0.2, 0.25) is 0 Å². The van der Waals surface area contributed by atoms with Gasteiger partial charge in [0.05, 0.1) is 13.2 Å². The minimum atomic E-state index is -0.530. The summed E-state index contributed by atoms with van der Waals surface area (Å²) in [6.07, 6.45) is 2.90. The summed E-state index contributed by atoms with van der Waals surface area (Å²) in [5.74, 6) is -0.530. The van der Waals surface area contributed by atoms with Gasteiger partial charge >= 0.3 is 5.97 Å². The Morgan fingerprint density at radius 1 is 1.86 bits per heavy atom. The summed E-state index contributed by atoms with van der Waals surface area (Å²) >= 11 is 0. The molecular weight excluding hydrogens is 92.1 g/mol. The van der Waals surface area contributed by atoms with Crippen molar-refractivity contribution in [2.45, 2.75) is 6.92 Å². The smallest absolute Gasteiger partial charge is 0.311 e. The van der Waals surface area contributed by atoms with Crippen molar-refractivity contribution in [1.29, 1.82) is 0 Å². The Hall–Kier alpha value is -0.790. The third kappa shape index (κ3) is 5.21. The van der Waals surface area contributed by atoms with Gasteiger partial charge in [0.15, 0.2) is 0 Å². The van der Waals surface area contributed by atoms with Crippen molar-refractivity contribution in [2.24, 2.45) is 0 Å². The molecule has 0 spiro atoms. The van der Waals surface area contributed by atoms with Gasteiger partial charge in [0.1, 0.15) is 0 Å². The number of ether oxygens (including phenoxy) is 1. The van der Waals surface area contributed by atoms with Crippen molar-refractivity contribution in [3.8, 4) is 0 Å². The fraction of sp³-hybridized carbons (Fsp3) is 0.200. The van der Waals surface area contributed by atoms with Crippen molar-refractivity contribution in [3.05, 3.63) is 19.3 Å². The highest BCUT2D eigenvalue weighted by Gasteiger charge is 1.80. The highest BCUT2D eigenvalue weighted by Crippen LogP contribution is 1.74. The molecule has 0 aliphatic carbocycles. The summed E-state index contributed by atoms with van der Waals surface area (Å²) in [4.78, 5) is 9.82. The van der Waals surface area contributed by atoms with E-state index in [2.05, 4.69) is 11.7 Å². The molecule has 7 heavy (non-hydrogen) atoms. The predicted octanol–water partition coefficient (Wildman–Crippen LogP) is 0.897. The Morgan fingerprint density at radius 2 is 2.43 bits per heavy atom. The van der Waals surface area contributed by atoms with Crippen LogP contribution in [0, 0.1) is 6.92 Å². The molecule has 0 saturated heterocycles. The molecule has 0 atom stereocenters. The first kappa shape index (κ1) is 6.21. The molecule has 39 valence electrons. The van der Waals surface area contributed by atoms with E-state index in [4.69, 9.17) is 0 Å².